The Bertz CT molecular complexity index is 1160. The van der Waals surface area contributed by atoms with Crippen molar-refractivity contribution in [1.29, 1.82) is 0 Å². The third-order valence-electron chi connectivity index (χ3n) is 6.20. The highest BCUT2D eigenvalue weighted by Crippen LogP contribution is 2.46. The van der Waals surface area contributed by atoms with Crippen LogP contribution >= 0.6 is 0 Å². The number of amides is 1. The number of likely N-dealkylation sites (tertiary alicyclic amines) is 1. The van der Waals surface area contributed by atoms with Gasteiger partial charge in [0, 0.05) is 17.4 Å². The number of halogens is 3. The van der Waals surface area contributed by atoms with Crippen molar-refractivity contribution in [1.82, 2.24) is 9.88 Å². The standard InChI is InChI=1S/C24H27F3N2O5/c1-13-19-15(14-7-6-8-16(18(14)28-13)24(25,26)27)9-10-23(33-19)11-17(20(30)32-5)29(12-23)21(31)34-22(2,3)4/h6-8,17H,9-12H2,1-5H3/t17-,23-/m0/s1. The van der Waals surface area contributed by atoms with E-state index < -0.39 is 41.0 Å². The molecule has 184 valence electrons. The topological polar surface area (TPSA) is 78.0 Å². The molecular weight excluding hydrogens is 453 g/mol. The summed E-state index contributed by atoms with van der Waals surface area (Å²) in [4.78, 5) is 30.9. The molecule has 2 aromatic rings. The van der Waals surface area contributed by atoms with Gasteiger partial charge >= 0.3 is 18.2 Å². The maximum absolute atomic E-state index is 13.5. The fraction of sp³-hybridized carbons (Fsp3) is 0.542. The maximum atomic E-state index is 13.5. The van der Waals surface area contributed by atoms with Crippen LogP contribution in [0.2, 0.25) is 0 Å². The quantitative estimate of drug-likeness (QED) is 0.546. The maximum Gasteiger partial charge on any atom is 0.418 e. The van der Waals surface area contributed by atoms with Crippen molar-refractivity contribution in [2.45, 2.75) is 70.4 Å². The number of para-hydroxylation sites is 1. The summed E-state index contributed by atoms with van der Waals surface area (Å²) in [6, 6.07) is 3.09. The number of alkyl halides is 3. The molecule has 10 heteroatoms. The van der Waals surface area contributed by atoms with Gasteiger partial charge in [0.1, 0.15) is 23.0 Å². The number of ether oxygens (including phenoxy) is 3. The van der Waals surface area contributed by atoms with Crippen molar-refractivity contribution in [2.75, 3.05) is 13.7 Å². The zero-order valence-corrected chi connectivity index (χ0v) is 19.7. The van der Waals surface area contributed by atoms with Crippen LogP contribution < -0.4 is 4.74 Å². The van der Waals surface area contributed by atoms with Crippen molar-refractivity contribution in [2.24, 2.45) is 0 Å². The predicted molar refractivity (Wildman–Crippen MR) is 117 cm³/mol. The highest BCUT2D eigenvalue weighted by Gasteiger charge is 2.53. The lowest BCUT2D eigenvalue weighted by Crippen LogP contribution is -2.46. The number of aromatic nitrogens is 1. The Morgan fingerprint density at radius 2 is 1.94 bits per heavy atom. The largest absolute Gasteiger partial charge is 0.483 e. The zero-order chi connectivity index (χ0) is 25.1. The van der Waals surface area contributed by atoms with Crippen LogP contribution in [0.15, 0.2) is 18.2 Å². The lowest BCUT2D eigenvalue weighted by Gasteiger charge is -2.36. The van der Waals surface area contributed by atoms with E-state index in [2.05, 4.69) is 4.98 Å². The monoisotopic (exact) mass is 480 g/mol. The normalized spacial score (nSPS) is 22.5. The van der Waals surface area contributed by atoms with Crippen LogP contribution in [0.25, 0.3) is 10.9 Å². The molecule has 34 heavy (non-hydrogen) atoms. The molecular formula is C24H27F3N2O5. The number of esters is 1. The first-order valence-electron chi connectivity index (χ1n) is 11.0. The molecule has 1 saturated heterocycles. The second-order valence-corrected chi connectivity index (χ2v) is 9.84. The van der Waals surface area contributed by atoms with Crippen LogP contribution in [-0.4, -0.2) is 52.8 Å². The average molecular weight is 480 g/mol. The van der Waals surface area contributed by atoms with E-state index in [-0.39, 0.29) is 18.5 Å². The molecule has 1 aromatic heterocycles. The molecule has 1 spiro atoms. The fourth-order valence-electron chi connectivity index (χ4n) is 4.76. The molecule has 2 aliphatic rings. The highest BCUT2D eigenvalue weighted by molar-refractivity contribution is 5.88. The van der Waals surface area contributed by atoms with Gasteiger partial charge in [0.05, 0.1) is 30.4 Å². The molecule has 0 saturated carbocycles. The fourth-order valence-corrected chi connectivity index (χ4v) is 4.76. The number of hydrogen-bond donors (Lipinski definition) is 0. The average Bonchev–Trinajstić information content (AvgIpc) is 3.10. The molecule has 0 aliphatic carbocycles. The first-order valence-corrected chi connectivity index (χ1v) is 11.0. The first kappa shape index (κ1) is 24.1. The Morgan fingerprint density at radius 1 is 1.24 bits per heavy atom. The van der Waals surface area contributed by atoms with Crippen molar-refractivity contribution in [3.63, 3.8) is 0 Å². The number of fused-ring (bicyclic) bond motifs is 3. The number of nitrogens with zero attached hydrogens (tertiary/aromatic N) is 2. The number of benzene rings is 1. The number of carbonyl (C=O) groups excluding carboxylic acids is 2. The van der Waals surface area contributed by atoms with Gasteiger partial charge in [0.25, 0.3) is 0 Å². The van der Waals surface area contributed by atoms with Gasteiger partial charge in [-0.2, -0.15) is 13.2 Å². The second-order valence-electron chi connectivity index (χ2n) is 9.84. The van der Waals surface area contributed by atoms with Crippen LogP contribution in [0, 0.1) is 6.92 Å². The SMILES string of the molecule is COC(=O)[C@@H]1C[C@@]2(CCc3c(c(C)nc4c(C(F)(F)F)cccc34)O2)CN1C(=O)OC(C)(C)C. The molecule has 2 aliphatic heterocycles. The molecule has 0 radical (unpaired) electrons. The van der Waals surface area contributed by atoms with Gasteiger partial charge in [-0.25, -0.2) is 14.6 Å². The number of hydrogen-bond acceptors (Lipinski definition) is 6. The number of rotatable bonds is 1. The van der Waals surface area contributed by atoms with Crippen LogP contribution in [0.4, 0.5) is 18.0 Å². The van der Waals surface area contributed by atoms with Gasteiger partial charge in [-0.1, -0.05) is 12.1 Å². The smallest absolute Gasteiger partial charge is 0.418 e. The van der Waals surface area contributed by atoms with Crippen molar-refractivity contribution in [3.8, 4) is 5.75 Å². The summed E-state index contributed by atoms with van der Waals surface area (Å²) in [6.07, 6.45) is -4.19. The molecule has 0 unspecified atom stereocenters. The predicted octanol–water partition coefficient (Wildman–Crippen LogP) is 4.81. The van der Waals surface area contributed by atoms with Crippen LogP contribution in [0.1, 0.15) is 50.4 Å². The molecule has 0 N–H and O–H groups in total. The van der Waals surface area contributed by atoms with E-state index in [0.29, 0.717) is 35.2 Å². The van der Waals surface area contributed by atoms with Crippen molar-refractivity contribution >= 4 is 23.0 Å². The van der Waals surface area contributed by atoms with Crippen LogP contribution in [-0.2, 0) is 26.9 Å². The number of methoxy groups -OCH3 is 1. The Labute approximate surface area is 195 Å². The lowest BCUT2D eigenvalue weighted by atomic mass is 9.87. The van der Waals surface area contributed by atoms with Crippen molar-refractivity contribution in [3.05, 3.63) is 35.0 Å². The molecule has 1 aromatic carbocycles. The van der Waals surface area contributed by atoms with Gasteiger partial charge in [-0.05, 0) is 46.6 Å². The number of aryl methyl sites for hydroxylation is 2. The van der Waals surface area contributed by atoms with Gasteiger partial charge < -0.3 is 14.2 Å². The van der Waals surface area contributed by atoms with Gasteiger partial charge in [0.15, 0.2) is 0 Å². The molecule has 7 nitrogen and oxygen atoms in total. The molecule has 3 heterocycles. The Morgan fingerprint density at radius 3 is 2.56 bits per heavy atom. The van der Waals surface area contributed by atoms with E-state index in [9.17, 15) is 22.8 Å². The summed E-state index contributed by atoms with van der Waals surface area (Å²) < 4.78 is 57.4. The number of carbonyl (C=O) groups is 2. The Hall–Kier alpha value is -3.04. The number of pyridine rings is 1. The summed E-state index contributed by atoms with van der Waals surface area (Å²) in [5.74, 6) is -0.187. The Balaban J connectivity index is 1.72. The summed E-state index contributed by atoms with van der Waals surface area (Å²) in [6.45, 7) is 6.87. The summed E-state index contributed by atoms with van der Waals surface area (Å²) in [7, 11) is 1.25. The van der Waals surface area contributed by atoms with Gasteiger partial charge in [0.2, 0.25) is 0 Å². The third-order valence-corrected chi connectivity index (χ3v) is 6.20. The highest BCUT2D eigenvalue weighted by atomic mass is 19.4. The minimum Gasteiger partial charge on any atom is -0.483 e. The van der Waals surface area contributed by atoms with E-state index in [1.165, 1.54) is 18.1 Å². The molecule has 1 amide bonds. The lowest BCUT2D eigenvalue weighted by molar-refractivity contribution is -0.145. The first-order chi connectivity index (χ1) is 15.7. The van der Waals surface area contributed by atoms with Crippen LogP contribution in [0.3, 0.4) is 0 Å². The van der Waals surface area contributed by atoms with Crippen LogP contribution in [0.5, 0.6) is 5.75 Å². The molecule has 4 rings (SSSR count). The van der Waals surface area contributed by atoms with Gasteiger partial charge in [-0.3, -0.25) is 4.90 Å². The van der Waals surface area contributed by atoms with Gasteiger partial charge in [-0.15, -0.1) is 0 Å². The van der Waals surface area contributed by atoms with E-state index >= 15 is 0 Å². The summed E-state index contributed by atoms with van der Waals surface area (Å²) >= 11 is 0. The second kappa shape index (κ2) is 8.02. The Kier molecular flexibility index (Phi) is 5.69. The van der Waals surface area contributed by atoms with E-state index in [4.69, 9.17) is 14.2 Å². The van der Waals surface area contributed by atoms with E-state index in [0.717, 1.165) is 6.07 Å². The van der Waals surface area contributed by atoms with E-state index in [1.54, 1.807) is 33.8 Å². The third kappa shape index (κ3) is 4.25. The summed E-state index contributed by atoms with van der Waals surface area (Å²) in [5.41, 5.74) is -1.61. The van der Waals surface area contributed by atoms with Crippen molar-refractivity contribution < 1.29 is 37.0 Å². The molecule has 2 atom stereocenters. The minimum atomic E-state index is -4.53. The minimum absolute atomic E-state index is 0.0845. The molecule has 0 bridgehead atoms. The molecule has 1 fully saturated rings. The summed E-state index contributed by atoms with van der Waals surface area (Å²) in [5, 5.41) is 0.386. The zero-order valence-electron chi connectivity index (χ0n) is 19.7. The van der Waals surface area contributed by atoms with E-state index in [1.807, 2.05) is 0 Å².